The molecule has 0 saturated heterocycles. The van der Waals surface area contributed by atoms with Crippen LogP contribution in [-0.2, 0) is 7.05 Å². The minimum Gasteiger partial charge on any atom is -0.496 e. The van der Waals surface area contributed by atoms with Gasteiger partial charge < -0.3 is 14.6 Å². The van der Waals surface area contributed by atoms with E-state index < -0.39 is 0 Å². The first-order valence-electron chi connectivity index (χ1n) is 6.87. The van der Waals surface area contributed by atoms with Crippen LogP contribution in [0.15, 0.2) is 23.4 Å². The summed E-state index contributed by atoms with van der Waals surface area (Å²) in [6.45, 7) is 4.05. The zero-order valence-corrected chi connectivity index (χ0v) is 14.0. The normalized spacial score (nSPS) is 12.4. The van der Waals surface area contributed by atoms with Crippen LogP contribution in [0.25, 0.3) is 0 Å². The number of nitrogens with zero attached hydrogens (tertiary/aromatic N) is 3. The van der Waals surface area contributed by atoms with Crippen molar-refractivity contribution in [2.45, 2.75) is 25.0 Å². The molecule has 0 aliphatic rings. The van der Waals surface area contributed by atoms with Crippen molar-refractivity contribution in [1.82, 2.24) is 20.1 Å². The van der Waals surface area contributed by atoms with E-state index in [0.717, 1.165) is 22.5 Å². The highest BCUT2D eigenvalue weighted by molar-refractivity contribution is 7.99. The lowest BCUT2D eigenvalue weighted by Gasteiger charge is -2.19. The molecule has 0 bridgehead atoms. The number of benzene rings is 1. The number of thioether (sulfide) groups is 1. The maximum absolute atomic E-state index is 5.48. The first kappa shape index (κ1) is 15.9. The maximum atomic E-state index is 5.48. The average Bonchev–Trinajstić information content (AvgIpc) is 2.80. The lowest BCUT2D eigenvalue weighted by atomic mass is 10.0. The molecule has 2 rings (SSSR count). The van der Waals surface area contributed by atoms with Crippen molar-refractivity contribution < 1.29 is 4.74 Å². The molecule has 21 heavy (non-hydrogen) atoms. The molecule has 0 spiro atoms. The highest BCUT2D eigenvalue weighted by atomic mass is 32.2. The molecule has 2 aromatic rings. The number of nitrogens with one attached hydrogen (secondary N) is 1. The van der Waals surface area contributed by atoms with Gasteiger partial charge >= 0.3 is 0 Å². The van der Waals surface area contributed by atoms with Crippen molar-refractivity contribution in [2.75, 3.05) is 19.9 Å². The standard InChI is InChI=1S/C15H22N4OS/c1-10-6-7-14(20-5)12(8-10)13(16-3)9-21-15-18-17-11(2)19(15)4/h6-8,13,16H,9H2,1-5H3. The van der Waals surface area contributed by atoms with Crippen LogP contribution in [0.1, 0.15) is 23.0 Å². The molecule has 1 N–H and O–H groups in total. The zero-order chi connectivity index (χ0) is 15.4. The predicted octanol–water partition coefficient (Wildman–Crippen LogP) is 2.49. The third-order valence-electron chi connectivity index (χ3n) is 3.54. The first-order chi connectivity index (χ1) is 10.1. The largest absolute Gasteiger partial charge is 0.496 e. The summed E-state index contributed by atoms with van der Waals surface area (Å²) in [5.41, 5.74) is 2.40. The number of aromatic nitrogens is 3. The molecule has 5 nitrogen and oxygen atoms in total. The molecule has 0 radical (unpaired) electrons. The van der Waals surface area contributed by atoms with Crippen LogP contribution in [-0.4, -0.2) is 34.7 Å². The van der Waals surface area contributed by atoms with Gasteiger partial charge in [-0.25, -0.2) is 0 Å². The van der Waals surface area contributed by atoms with Gasteiger partial charge in [0.15, 0.2) is 5.16 Å². The first-order valence-corrected chi connectivity index (χ1v) is 7.86. The predicted molar refractivity (Wildman–Crippen MR) is 86.0 cm³/mol. The SMILES string of the molecule is CNC(CSc1nnc(C)n1C)c1cc(C)ccc1OC. The van der Waals surface area contributed by atoms with Crippen molar-refractivity contribution in [2.24, 2.45) is 7.05 Å². The van der Waals surface area contributed by atoms with E-state index in [9.17, 15) is 0 Å². The van der Waals surface area contributed by atoms with Crippen LogP contribution >= 0.6 is 11.8 Å². The van der Waals surface area contributed by atoms with Gasteiger partial charge in [0, 0.05) is 24.4 Å². The third kappa shape index (κ3) is 3.57. The Hall–Kier alpha value is -1.53. The van der Waals surface area contributed by atoms with E-state index in [0.29, 0.717) is 0 Å². The molecule has 0 saturated carbocycles. The Bertz CT molecular complexity index is 612. The number of ether oxygens (including phenoxy) is 1. The molecule has 1 aromatic carbocycles. The highest BCUT2D eigenvalue weighted by Gasteiger charge is 2.16. The summed E-state index contributed by atoms with van der Waals surface area (Å²) in [6, 6.07) is 6.45. The molecule has 114 valence electrons. The summed E-state index contributed by atoms with van der Waals surface area (Å²) < 4.78 is 7.49. The molecule has 0 amide bonds. The van der Waals surface area contributed by atoms with Gasteiger partial charge in [-0.2, -0.15) is 0 Å². The lowest BCUT2D eigenvalue weighted by molar-refractivity contribution is 0.404. The van der Waals surface area contributed by atoms with Crippen molar-refractivity contribution in [1.29, 1.82) is 0 Å². The van der Waals surface area contributed by atoms with Gasteiger partial charge in [-0.05, 0) is 27.0 Å². The summed E-state index contributed by atoms with van der Waals surface area (Å²) in [7, 11) is 5.66. The van der Waals surface area contributed by atoms with Crippen molar-refractivity contribution in [3.8, 4) is 5.75 Å². The van der Waals surface area contributed by atoms with Gasteiger partial charge in [-0.15, -0.1) is 10.2 Å². The molecule has 0 aliphatic carbocycles. The molecule has 0 aliphatic heterocycles. The van der Waals surface area contributed by atoms with Crippen LogP contribution in [0.5, 0.6) is 5.75 Å². The van der Waals surface area contributed by atoms with Crippen molar-refractivity contribution in [3.05, 3.63) is 35.2 Å². The molecule has 1 aromatic heterocycles. The summed E-state index contributed by atoms with van der Waals surface area (Å²) in [5.74, 6) is 2.70. The molecule has 6 heteroatoms. The quantitative estimate of drug-likeness (QED) is 0.831. The number of aryl methyl sites for hydroxylation is 2. The van der Waals surface area contributed by atoms with Gasteiger partial charge in [0.05, 0.1) is 7.11 Å². The van der Waals surface area contributed by atoms with Crippen molar-refractivity contribution >= 4 is 11.8 Å². The maximum Gasteiger partial charge on any atom is 0.191 e. The number of hydrogen-bond acceptors (Lipinski definition) is 5. The Kier molecular flexibility index (Phi) is 5.25. The molecule has 0 fully saturated rings. The fourth-order valence-electron chi connectivity index (χ4n) is 2.13. The minimum atomic E-state index is 0.196. The van der Waals surface area contributed by atoms with Crippen LogP contribution in [0.2, 0.25) is 0 Å². The fraction of sp³-hybridized carbons (Fsp3) is 0.467. The van der Waals surface area contributed by atoms with E-state index in [1.54, 1.807) is 18.9 Å². The van der Waals surface area contributed by atoms with E-state index in [2.05, 4.69) is 34.6 Å². The monoisotopic (exact) mass is 306 g/mol. The Balaban J connectivity index is 2.16. The Morgan fingerprint density at radius 1 is 1.33 bits per heavy atom. The van der Waals surface area contributed by atoms with Gasteiger partial charge in [0.25, 0.3) is 0 Å². The van der Waals surface area contributed by atoms with E-state index in [1.165, 1.54) is 11.1 Å². The zero-order valence-electron chi connectivity index (χ0n) is 13.2. The van der Waals surface area contributed by atoms with Crippen LogP contribution in [0.4, 0.5) is 0 Å². The third-order valence-corrected chi connectivity index (χ3v) is 4.65. The number of hydrogen-bond donors (Lipinski definition) is 1. The van der Waals surface area contributed by atoms with Gasteiger partial charge in [0.1, 0.15) is 11.6 Å². The summed E-state index contributed by atoms with van der Waals surface area (Å²) in [6.07, 6.45) is 0. The summed E-state index contributed by atoms with van der Waals surface area (Å²) >= 11 is 1.69. The van der Waals surface area contributed by atoms with Crippen LogP contribution in [0, 0.1) is 13.8 Å². The minimum absolute atomic E-state index is 0.196. The second-order valence-electron chi connectivity index (χ2n) is 4.99. The highest BCUT2D eigenvalue weighted by Crippen LogP contribution is 2.30. The lowest BCUT2D eigenvalue weighted by Crippen LogP contribution is -2.20. The smallest absolute Gasteiger partial charge is 0.191 e. The second kappa shape index (κ2) is 6.95. The molecular weight excluding hydrogens is 284 g/mol. The molecule has 1 atom stereocenters. The topological polar surface area (TPSA) is 52.0 Å². The average molecular weight is 306 g/mol. The van der Waals surface area contributed by atoms with E-state index in [-0.39, 0.29) is 6.04 Å². The van der Waals surface area contributed by atoms with Gasteiger partial charge in [0.2, 0.25) is 0 Å². The van der Waals surface area contributed by atoms with Gasteiger partial charge in [-0.1, -0.05) is 29.5 Å². The summed E-state index contributed by atoms with van der Waals surface area (Å²) in [5, 5.41) is 12.6. The van der Waals surface area contributed by atoms with Gasteiger partial charge in [-0.3, -0.25) is 0 Å². The molecule has 1 unspecified atom stereocenters. The van der Waals surface area contributed by atoms with Crippen molar-refractivity contribution in [3.63, 3.8) is 0 Å². The van der Waals surface area contributed by atoms with E-state index in [4.69, 9.17) is 4.74 Å². The molecular formula is C15H22N4OS. The van der Waals surface area contributed by atoms with Crippen LogP contribution < -0.4 is 10.1 Å². The second-order valence-corrected chi connectivity index (χ2v) is 5.97. The Morgan fingerprint density at radius 3 is 2.67 bits per heavy atom. The number of methoxy groups -OCH3 is 1. The van der Waals surface area contributed by atoms with E-state index >= 15 is 0 Å². The van der Waals surface area contributed by atoms with E-state index in [1.807, 2.05) is 31.7 Å². The fourth-order valence-corrected chi connectivity index (χ4v) is 3.21. The summed E-state index contributed by atoms with van der Waals surface area (Å²) in [4.78, 5) is 0. The van der Waals surface area contributed by atoms with Crippen LogP contribution in [0.3, 0.4) is 0 Å². The Labute approximate surface area is 130 Å². The Morgan fingerprint density at radius 2 is 2.10 bits per heavy atom. The number of rotatable bonds is 6. The molecule has 1 heterocycles.